The van der Waals surface area contributed by atoms with E-state index in [0.29, 0.717) is 5.95 Å². The van der Waals surface area contributed by atoms with Gasteiger partial charge >= 0.3 is 0 Å². The number of thiophene rings is 1. The van der Waals surface area contributed by atoms with Crippen LogP contribution in [-0.2, 0) is 0 Å². The van der Waals surface area contributed by atoms with Crippen molar-refractivity contribution in [1.29, 1.82) is 0 Å². The molecule has 6 heteroatoms. The number of hydrogen-bond acceptors (Lipinski definition) is 6. The number of anilines is 2. The minimum atomic E-state index is 0.476. The van der Waals surface area contributed by atoms with Crippen molar-refractivity contribution in [3.05, 3.63) is 10.9 Å². The fourth-order valence-electron chi connectivity index (χ4n) is 3.17. The number of aromatic nitrogens is 2. The summed E-state index contributed by atoms with van der Waals surface area (Å²) in [4.78, 5) is 11.1. The SMILES string of the molecule is Cc1cc2c(NCC3CCCCC3C)nc(NN)nc2s1. The van der Waals surface area contributed by atoms with Gasteiger partial charge in [-0.1, -0.05) is 26.2 Å². The molecular weight excluding hydrogens is 282 g/mol. The quantitative estimate of drug-likeness (QED) is 0.595. The van der Waals surface area contributed by atoms with Crippen LogP contribution in [0.2, 0.25) is 0 Å². The monoisotopic (exact) mass is 305 g/mol. The topological polar surface area (TPSA) is 75.9 Å². The van der Waals surface area contributed by atoms with E-state index < -0.39 is 0 Å². The van der Waals surface area contributed by atoms with Crippen molar-refractivity contribution in [2.24, 2.45) is 17.7 Å². The third kappa shape index (κ3) is 3.11. The van der Waals surface area contributed by atoms with Gasteiger partial charge in [-0.15, -0.1) is 11.3 Å². The standard InChI is InChI=1S/C15H23N5S/c1-9-5-3-4-6-11(9)8-17-13-12-7-10(2)21-14(12)19-15(18-13)20-16/h7,9,11H,3-6,8,16H2,1-2H3,(H2,17,18,19,20). The summed E-state index contributed by atoms with van der Waals surface area (Å²) < 4.78 is 0. The lowest BCUT2D eigenvalue weighted by atomic mass is 9.80. The number of rotatable bonds is 4. The van der Waals surface area contributed by atoms with Crippen LogP contribution < -0.4 is 16.6 Å². The van der Waals surface area contributed by atoms with Crippen molar-refractivity contribution in [2.75, 3.05) is 17.3 Å². The van der Waals surface area contributed by atoms with Crippen LogP contribution in [0.1, 0.15) is 37.5 Å². The van der Waals surface area contributed by atoms with Gasteiger partial charge in [0.2, 0.25) is 5.95 Å². The zero-order valence-electron chi connectivity index (χ0n) is 12.6. The first-order chi connectivity index (χ1) is 10.2. The number of nitrogen functional groups attached to an aromatic ring is 1. The van der Waals surface area contributed by atoms with Crippen molar-refractivity contribution in [3.8, 4) is 0 Å². The zero-order chi connectivity index (χ0) is 14.8. The average Bonchev–Trinajstić information content (AvgIpc) is 2.86. The fraction of sp³-hybridized carbons (Fsp3) is 0.600. The van der Waals surface area contributed by atoms with E-state index in [1.165, 1.54) is 30.6 Å². The minimum Gasteiger partial charge on any atom is -0.369 e. The average molecular weight is 305 g/mol. The predicted molar refractivity (Wildman–Crippen MR) is 89.6 cm³/mol. The molecule has 21 heavy (non-hydrogen) atoms. The van der Waals surface area contributed by atoms with E-state index in [1.54, 1.807) is 11.3 Å². The molecule has 0 bridgehead atoms. The van der Waals surface area contributed by atoms with Crippen LogP contribution >= 0.6 is 11.3 Å². The van der Waals surface area contributed by atoms with Crippen molar-refractivity contribution >= 4 is 33.3 Å². The molecule has 1 fully saturated rings. The summed E-state index contributed by atoms with van der Waals surface area (Å²) in [6, 6.07) is 2.15. The van der Waals surface area contributed by atoms with Gasteiger partial charge in [-0.3, -0.25) is 5.43 Å². The molecule has 0 spiro atoms. The Hall–Kier alpha value is -1.40. The van der Waals surface area contributed by atoms with Gasteiger partial charge in [0.05, 0.1) is 5.39 Å². The number of hydrazine groups is 1. The predicted octanol–water partition coefficient (Wildman–Crippen LogP) is 3.52. The summed E-state index contributed by atoms with van der Waals surface area (Å²) in [7, 11) is 0. The largest absolute Gasteiger partial charge is 0.369 e. The molecule has 2 aromatic heterocycles. The number of nitrogens with zero attached hydrogens (tertiary/aromatic N) is 2. The van der Waals surface area contributed by atoms with E-state index in [4.69, 9.17) is 5.84 Å². The molecule has 2 atom stereocenters. The molecular formula is C15H23N5S. The first-order valence-electron chi connectivity index (χ1n) is 7.66. The molecule has 0 aromatic carbocycles. The highest BCUT2D eigenvalue weighted by Crippen LogP contribution is 2.32. The Balaban J connectivity index is 1.81. The van der Waals surface area contributed by atoms with E-state index in [9.17, 15) is 0 Å². The van der Waals surface area contributed by atoms with Crippen molar-refractivity contribution in [2.45, 2.75) is 39.5 Å². The highest BCUT2D eigenvalue weighted by molar-refractivity contribution is 7.18. The van der Waals surface area contributed by atoms with Crippen LogP contribution in [0.4, 0.5) is 11.8 Å². The molecule has 0 saturated heterocycles. The van der Waals surface area contributed by atoms with Gasteiger partial charge in [0.15, 0.2) is 0 Å². The molecule has 5 nitrogen and oxygen atoms in total. The van der Waals surface area contributed by atoms with Gasteiger partial charge in [0.1, 0.15) is 10.6 Å². The Labute approximate surface area is 129 Å². The highest BCUT2D eigenvalue weighted by atomic mass is 32.1. The Morgan fingerprint density at radius 1 is 1.33 bits per heavy atom. The van der Waals surface area contributed by atoms with Crippen LogP contribution in [0.15, 0.2) is 6.07 Å². The van der Waals surface area contributed by atoms with Gasteiger partial charge in [-0.25, -0.2) is 10.8 Å². The molecule has 4 N–H and O–H groups in total. The van der Waals surface area contributed by atoms with Crippen LogP contribution in [0.5, 0.6) is 0 Å². The van der Waals surface area contributed by atoms with E-state index in [1.807, 2.05) is 0 Å². The van der Waals surface area contributed by atoms with E-state index >= 15 is 0 Å². The zero-order valence-corrected chi connectivity index (χ0v) is 13.5. The van der Waals surface area contributed by atoms with Crippen LogP contribution in [0.3, 0.4) is 0 Å². The Bertz CT molecular complexity index is 624. The molecule has 0 amide bonds. The van der Waals surface area contributed by atoms with Crippen molar-refractivity contribution < 1.29 is 0 Å². The number of nitrogens with two attached hydrogens (primary N) is 1. The normalized spacial score (nSPS) is 22.4. The van der Waals surface area contributed by atoms with Crippen LogP contribution in [0.25, 0.3) is 10.2 Å². The summed E-state index contributed by atoms with van der Waals surface area (Å²) in [5, 5.41) is 4.63. The molecule has 0 radical (unpaired) electrons. The maximum Gasteiger partial charge on any atom is 0.240 e. The summed E-state index contributed by atoms with van der Waals surface area (Å²) in [5.41, 5.74) is 2.56. The number of hydrogen-bond donors (Lipinski definition) is 3. The molecule has 0 aliphatic heterocycles. The summed E-state index contributed by atoms with van der Waals surface area (Å²) >= 11 is 1.67. The lowest BCUT2D eigenvalue weighted by Crippen LogP contribution is -2.25. The van der Waals surface area contributed by atoms with Crippen LogP contribution in [-0.4, -0.2) is 16.5 Å². The number of aryl methyl sites for hydroxylation is 1. The number of fused-ring (bicyclic) bond motifs is 1. The fourth-order valence-corrected chi connectivity index (χ4v) is 4.04. The molecule has 2 aromatic rings. The second-order valence-electron chi connectivity index (χ2n) is 6.02. The van der Waals surface area contributed by atoms with E-state index in [2.05, 4.69) is 40.6 Å². The lowest BCUT2D eigenvalue weighted by molar-refractivity contribution is 0.268. The third-order valence-corrected chi connectivity index (χ3v) is 5.41. The minimum absolute atomic E-state index is 0.476. The Kier molecular flexibility index (Phi) is 4.26. The van der Waals surface area contributed by atoms with Crippen LogP contribution in [0, 0.1) is 18.8 Å². The lowest BCUT2D eigenvalue weighted by Gasteiger charge is -2.29. The highest BCUT2D eigenvalue weighted by Gasteiger charge is 2.21. The van der Waals surface area contributed by atoms with Gasteiger partial charge in [-0.2, -0.15) is 4.98 Å². The van der Waals surface area contributed by atoms with Gasteiger partial charge in [0.25, 0.3) is 0 Å². The van der Waals surface area contributed by atoms with Crippen molar-refractivity contribution in [3.63, 3.8) is 0 Å². The second kappa shape index (κ2) is 6.15. The summed E-state index contributed by atoms with van der Waals surface area (Å²) in [5.74, 6) is 8.38. The maximum absolute atomic E-state index is 5.48. The molecule has 2 heterocycles. The van der Waals surface area contributed by atoms with E-state index in [-0.39, 0.29) is 0 Å². The molecule has 1 aliphatic carbocycles. The maximum atomic E-state index is 5.48. The number of nitrogens with one attached hydrogen (secondary N) is 2. The molecule has 3 rings (SSSR count). The van der Waals surface area contributed by atoms with Gasteiger partial charge < -0.3 is 5.32 Å². The van der Waals surface area contributed by atoms with Crippen molar-refractivity contribution in [1.82, 2.24) is 9.97 Å². The molecule has 1 aliphatic rings. The Morgan fingerprint density at radius 3 is 2.90 bits per heavy atom. The smallest absolute Gasteiger partial charge is 0.240 e. The van der Waals surface area contributed by atoms with Gasteiger partial charge in [-0.05, 0) is 31.2 Å². The molecule has 114 valence electrons. The summed E-state index contributed by atoms with van der Waals surface area (Å²) in [6.45, 7) is 5.43. The summed E-state index contributed by atoms with van der Waals surface area (Å²) in [6.07, 6.45) is 5.38. The Morgan fingerprint density at radius 2 is 2.14 bits per heavy atom. The second-order valence-corrected chi connectivity index (χ2v) is 7.25. The molecule has 1 saturated carbocycles. The molecule has 2 unspecified atom stereocenters. The first kappa shape index (κ1) is 14.5. The van der Waals surface area contributed by atoms with E-state index in [0.717, 1.165) is 34.4 Å². The first-order valence-corrected chi connectivity index (χ1v) is 8.47. The third-order valence-electron chi connectivity index (χ3n) is 4.47. The van der Waals surface area contributed by atoms with Gasteiger partial charge in [0, 0.05) is 11.4 Å².